The Labute approximate surface area is 120 Å². The molecule has 1 amide bonds. The molecule has 0 aromatic heterocycles. The summed E-state index contributed by atoms with van der Waals surface area (Å²) in [5, 5.41) is 7.89. The van der Waals surface area contributed by atoms with Crippen molar-refractivity contribution in [3.05, 3.63) is 29.8 Å². The molecule has 0 saturated heterocycles. The summed E-state index contributed by atoms with van der Waals surface area (Å²) in [6.45, 7) is 2.69. The standard InChI is InChI=1S/C14H22N2O3S/c1-2-3-6-14(17)16-11-4-5-12-7-9-13(10-8-12)20(15,18)19/h7-10H,2-6,11H2,1H3,(H,16,17)(H2,15,18,19). The number of aryl methyl sites for hydroxylation is 1. The molecule has 3 N–H and O–H groups in total. The molecular formula is C14H22N2O3S. The van der Waals surface area contributed by atoms with Crippen LogP contribution in [0.4, 0.5) is 0 Å². The molecule has 0 unspecified atom stereocenters. The topological polar surface area (TPSA) is 89.3 Å². The molecule has 6 heteroatoms. The van der Waals surface area contributed by atoms with Crippen LogP contribution >= 0.6 is 0 Å². The van der Waals surface area contributed by atoms with Gasteiger partial charge in [0.2, 0.25) is 15.9 Å². The van der Waals surface area contributed by atoms with Crippen molar-refractivity contribution in [1.82, 2.24) is 5.32 Å². The van der Waals surface area contributed by atoms with Crippen LogP contribution in [0.15, 0.2) is 29.2 Å². The summed E-state index contributed by atoms with van der Waals surface area (Å²) in [5.41, 5.74) is 1.03. The number of nitrogens with two attached hydrogens (primary N) is 1. The maximum Gasteiger partial charge on any atom is 0.238 e. The molecule has 20 heavy (non-hydrogen) atoms. The lowest BCUT2D eigenvalue weighted by Gasteiger charge is -2.05. The predicted octanol–water partition coefficient (Wildman–Crippen LogP) is 1.57. The zero-order valence-electron chi connectivity index (χ0n) is 11.8. The second-order valence-corrected chi connectivity index (χ2v) is 6.31. The SMILES string of the molecule is CCCCC(=O)NCCCc1ccc(S(N)(=O)=O)cc1. The Morgan fingerprint density at radius 1 is 1.20 bits per heavy atom. The van der Waals surface area contributed by atoms with Crippen molar-refractivity contribution in [1.29, 1.82) is 0 Å². The lowest BCUT2D eigenvalue weighted by Crippen LogP contribution is -2.24. The normalized spacial score (nSPS) is 11.3. The number of hydrogen-bond acceptors (Lipinski definition) is 3. The molecule has 0 atom stereocenters. The molecule has 1 rings (SSSR count). The van der Waals surface area contributed by atoms with Crippen molar-refractivity contribution in [2.45, 2.75) is 43.9 Å². The van der Waals surface area contributed by atoms with Gasteiger partial charge in [0.05, 0.1) is 4.90 Å². The third-order valence-electron chi connectivity index (χ3n) is 2.97. The van der Waals surface area contributed by atoms with E-state index in [9.17, 15) is 13.2 Å². The van der Waals surface area contributed by atoms with E-state index in [-0.39, 0.29) is 10.8 Å². The second kappa shape index (κ2) is 8.01. The fraction of sp³-hybridized carbons (Fsp3) is 0.500. The molecule has 0 radical (unpaired) electrons. The summed E-state index contributed by atoms with van der Waals surface area (Å²) in [6.07, 6.45) is 4.13. The number of amides is 1. The van der Waals surface area contributed by atoms with Crippen molar-refractivity contribution >= 4 is 15.9 Å². The summed E-state index contributed by atoms with van der Waals surface area (Å²) >= 11 is 0. The predicted molar refractivity (Wildman–Crippen MR) is 78.7 cm³/mol. The molecule has 1 aromatic carbocycles. The molecule has 0 bridgehead atoms. The molecule has 112 valence electrons. The zero-order valence-corrected chi connectivity index (χ0v) is 12.6. The molecule has 0 aliphatic rings. The van der Waals surface area contributed by atoms with Crippen LogP contribution in [-0.4, -0.2) is 20.9 Å². The minimum absolute atomic E-state index is 0.0939. The van der Waals surface area contributed by atoms with Crippen LogP contribution in [-0.2, 0) is 21.2 Å². The lowest BCUT2D eigenvalue weighted by molar-refractivity contribution is -0.121. The van der Waals surface area contributed by atoms with Crippen LogP contribution in [0.1, 0.15) is 38.2 Å². The van der Waals surface area contributed by atoms with E-state index in [0.29, 0.717) is 13.0 Å². The monoisotopic (exact) mass is 298 g/mol. The van der Waals surface area contributed by atoms with E-state index in [2.05, 4.69) is 12.2 Å². The van der Waals surface area contributed by atoms with Gasteiger partial charge in [-0.1, -0.05) is 25.5 Å². The minimum Gasteiger partial charge on any atom is -0.356 e. The molecule has 1 aromatic rings. The van der Waals surface area contributed by atoms with E-state index in [1.165, 1.54) is 12.1 Å². The summed E-state index contributed by atoms with van der Waals surface area (Å²) in [5.74, 6) is 0.0939. The number of nitrogens with one attached hydrogen (secondary N) is 1. The number of sulfonamides is 1. The van der Waals surface area contributed by atoms with Crippen molar-refractivity contribution < 1.29 is 13.2 Å². The van der Waals surface area contributed by atoms with Gasteiger partial charge in [-0.25, -0.2) is 13.6 Å². The maximum atomic E-state index is 11.4. The van der Waals surface area contributed by atoms with Crippen LogP contribution in [0.2, 0.25) is 0 Å². The van der Waals surface area contributed by atoms with Gasteiger partial charge in [-0.3, -0.25) is 4.79 Å². The Morgan fingerprint density at radius 2 is 1.85 bits per heavy atom. The number of hydrogen-bond donors (Lipinski definition) is 2. The summed E-state index contributed by atoms with van der Waals surface area (Å²) in [4.78, 5) is 11.5. The Hall–Kier alpha value is -1.40. The van der Waals surface area contributed by atoms with Crippen LogP contribution in [0, 0.1) is 0 Å². The van der Waals surface area contributed by atoms with Crippen molar-refractivity contribution in [3.63, 3.8) is 0 Å². The first-order valence-electron chi connectivity index (χ1n) is 6.82. The highest BCUT2D eigenvalue weighted by Crippen LogP contribution is 2.10. The minimum atomic E-state index is -3.62. The highest BCUT2D eigenvalue weighted by Gasteiger charge is 2.06. The van der Waals surface area contributed by atoms with Gasteiger partial charge in [-0.15, -0.1) is 0 Å². The largest absolute Gasteiger partial charge is 0.356 e. The van der Waals surface area contributed by atoms with E-state index in [0.717, 1.165) is 31.2 Å². The van der Waals surface area contributed by atoms with Gasteiger partial charge in [0.15, 0.2) is 0 Å². The van der Waals surface area contributed by atoms with Crippen LogP contribution in [0.25, 0.3) is 0 Å². The van der Waals surface area contributed by atoms with E-state index < -0.39 is 10.0 Å². The van der Waals surface area contributed by atoms with Gasteiger partial charge >= 0.3 is 0 Å². The first-order chi connectivity index (χ1) is 9.43. The van der Waals surface area contributed by atoms with Gasteiger partial charge in [-0.2, -0.15) is 0 Å². The van der Waals surface area contributed by atoms with Gasteiger partial charge in [0.1, 0.15) is 0 Å². The average molecular weight is 298 g/mol. The number of benzene rings is 1. The van der Waals surface area contributed by atoms with Crippen molar-refractivity contribution in [2.75, 3.05) is 6.54 Å². The quantitative estimate of drug-likeness (QED) is 0.714. The Bertz CT molecular complexity index is 524. The molecule has 0 saturated carbocycles. The molecular weight excluding hydrogens is 276 g/mol. The molecule has 0 aliphatic heterocycles. The van der Waals surface area contributed by atoms with E-state index in [1.807, 2.05) is 0 Å². The summed E-state index contributed by atoms with van der Waals surface area (Å²) in [7, 11) is -3.62. The molecule has 0 fully saturated rings. The fourth-order valence-corrected chi connectivity index (χ4v) is 2.31. The Morgan fingerprint density at radius 3 is 2.40 bits per heavy atom. The maximum absolute atomic E-state index is 11.4. The number of carbonyl (C=O) groups is 1. The lowest BCUT2D eigenvalue weighted by atomic mass is 10.1. The average Bonchev–Trinajstić information content (AvgIpc) is 2.41. The summed E-state index contributed by atoms with van der Waals surface area (Å²) < 4.78 is 22.2. The number of rotatable bonds is 8. The second-order valence-electron chi connectivity index (χ2n) is 4.75. The highest BCUT2D eigenvalue weighted by atomic mass is 32.2. The van der Waals surface area contributed by atoms with E-state index in [4.69, 9.17) is 5.14 Å². The van der Waals surface area contributed by atoms with Crippen LogP contribution in [0.5, 0.6) is 0 Å². The van der Waals surface area contributed by atoms with Gasteiger partial charge in [0.25, 0.3) is 0 Å². The first kappa shape index (κ1) is 16.7. The van der Waals surface area contributed by atoms with Crippen molar-refractivity contribution in [3.8, 4) is 0 Å². The molecule has 0 heterocycles. The molecule has 5 nitrogen and oxygen atoms in total. The van der Waals surface area contributed by atoms with Gasteiger partial charge in [0, 0.05) is 13.0 Å². The van der Waals surface area contributed by atoms with Gasteiger partial charge < -0.3 is 5.32 Å². The number of primary sulfonamides is 1. The smallest absolute Gasteiger partial charge is 0.238 e. The van der Waals surface area contributed by atoms with E-state index >= 15 is 0 Å². The van der Waals surface area contributed by atoms with Crippen molar-refractivity contribution in [2.24, 2.45) is 5.14 Å². The van der Waals surface area contributed by atoms with Gasteiger partial charge in [-0.05, 0) is 37.0 Å². The Kier molecular flexibility index (Phi) is 6.67. The molecule has 0 aliphatic carbocycles. The number of unbranched alkanes of at least 4 members (excludes halogenated alkanes) is 1. The zero-order chi connectivity index (χ0) is 15.0. The Balaban J connectivity index is 2.31. The first-order valence-corrected chi connectivity index (χ1v) is 8.36. The number of carbonyl (C=O) groups excluding carboxylic acids is 1. The third-order valence-corrected chi connectivity index (χ3v) is 3.90. The van der Waals surface area contributed by atoms with Crippen LogP contribution < -0.4 is 10.5 Å². The van der Waals surface area contributed by atoms with Crippen LogP contribution in [0.3, 0.4) is 0 Å². The summed E-state index contributed by atoms with van der Waals surface area (Å²) in [6, 6.07) is 6.51. The third kappa shape index (κ3) is 6.16. The van der Waals surface area contributed by atoms with E-state index in [1.54, 1.807) is 12.1 Å². The molecule has 0 spiro atoms. The highest BCUT2D eigenvalue weighted by molar-refractivity contribution is 7.89. The fourth-order valence-electron chi connectivity index (χ4n) is 1.79.